The summed E-state index contributed by atoms with van der Waals surface area (Å²) in [5.74, 6) is -0.0484. The number of aryl methyl sites for hydroxylation is 1. The van der Waals surface area contributed by atoms with Crippen LogP contribution in [0.3, 0.4) is 0 Å². The molecular formula is C11H11N3O2S. The molecule has 2 N–H and O–H groups in total. The smallest absolute Gasteiger partial charge is 0.265 e. The Kier molecular flexibility index (Phi) is 3.34. The van der Waals surface area contributed by atoms with Crippen LogP contribution in [0, 0.1) is 6.92 Å². The molecule has 1 aromatic heterocycles. The Morgan fingerprint density at radius 2 is 2.24 bits per heavy atom. The maximum atomic E-state index is 11.7. The highest BCUT2D eigenvalue weighted by molar-refractivity contribution is 7.07. The van der Waals surface area contributed by atoms with Gasteiger partial charge in [0.25, 0.3) is 5.91 Å². The van der Waals surface area contributed by atoms with E-state index in [1.807, 2.05) is 0 Å². The van der Waals surface area contributed by atoms with Crippen molar-refractivity contribution in [2.45, 2.75) is 13.5 Å². The summed E-state index contributed by atoms with van der Waals surface area (Å²) in [6.07, 6.45) is 0. The summed E-state index contributed by atoms with van der Waals surface area (Å²) in [6, 6.07) is 6.88. The van der Waals surface area contributed by atoms with Gasteiger partial charge in [-0.15, -0.1) is 5.10 Å². The summed E-state index contributed by atoms with van der Waals surface area (Å²) in [5, 5.41) is 16.0. The van der Waals surface area contributed by atoms with Gasteiger partial charge in [0, 0.05) is 12.1 Å². The molecular weight excluding hydrogens is 238 g/mol. The van der Waals surface area contributed by atoms with Crippen molar-refractivity contribution in [3.63, 3.8) is 0 Å². The Bertz CT molecular complexity index is 539. The van der Waals surface area contributed by atoms with Crippen molar-refractivity contribution >= 4 is 17.4 Å². The van der Waals surface area contributed by atoms with E-state index >= 15 is 0 Å². The monoisotopic (exact) mass is 249 g/mol. The summed E-state index contributed by atoms with van der Waals surface area (Å²) in [5.41, 5.74) is 1.29. The molecule has 1 heterocycles. The van der Waals surface area contributed by atoms with Crippen molar-refractivity contribution in [1.29, 1.82) is 0 Å². The fourth-order valence-corrected chi connectivity index (χ4v) is 1.93. The molecule has 0 spiro atoms. The molecule has 5 nitrogen and oxygen atoms in total. The number of phenolic OH excluding ortho intramolecular Hbond substituents is 1. The van der Waals surface area contributed by atoms with Crippen LogP contribution in [0.25, 0.3) is 0 Å². The first-order chi connectivity index (χ1) is 8.18. The molecule has 0 saturated carbocycles. The van der Waals surface area contributed by atoms with Crippen LogP contribution in [0.1, 0.15) is 20.9 Å². The van der Waals surface area contributed by atoms with Crippen LogP contribution >= 0.6 is 11.5 Å². The maximum absolute atomic E-state index is 11.7. The summed E-state index contributed by atoms with van der Waals surface area (Å²) >= 11 is 1.06. The van der Waals surface area contributed by atoms with Gasteiger partial charge in [-0.1, -0.05) is 22.7 Å². The van der Waals surface area contributed by atoms with E-state index in [0.29, 0.717) is 16.1 Å². The Balaban J connectivity index is 2.02. The molecule has 1 amide bonds. The third-order valence-corrected chi connectivity index (χ3v) is 3.12. The van der Waals surface area contributed by atoms with Crippen LogP contribution in [0.2, 0.25) is 0 Å². The second-order valence-corrected chi connectivity index (χ2v) is 4.25. The quantitative estimate of drug-likeness (QED) is 0.864. The summed E-state index contributed by atoms with van der Waals surface area (Å²) in [7, 11) is 0. The standard InChI is InChI=1S/C11H11N3O2S/c1-7-10(17-14-13-7)11(16)12-6-8-4-2-3-5-9(8)15/h2-5,15H,6H2,1H3,(H,12,16). The fraction of sp³-hybridized carbons (Fsp3) is 0.182. The summed E-state index contributed by atoms with van der Waals surface area (Å²) in [4.78, 5) is 12.2. The number of carbonyl (C=O) groups is 1. The summed E-state index contributed by atoms with van der Waals surface area (Å²) < 4.78 is 3.70. The number of carbonyl (C=O) groups excluding carboxylic acids is 1. The number of nitrogens with one attached hydrogen (secondary N) is 1. The zero-order chi connectivity index (χ0) is 12.3. The van der Waals surface area contributed by atoms with Gasteiger partial charge in [0.1, 0.15) is 10.6 Å². The van der Waals surface area contributed by atoms with Gasteiger partial charge in [-0.2, -0.15) is 0 Å². The molecule has 0 atom stereocenters. The lowest BCUT2D eigenvalue weighted by atomic mass is 10.2. The Labute approximate surface area is 102 Å². The van der Waals surface area contributed by atoms with Crippen molar-refractivity contribution in [2.75, 3.05) is 0 Å². The number of hydrogen-bond donors (Lipinski definition) is 2. The number of phenols is 1. The highest BCUT2D eigenvalue weighted by Crippen LogP contribution is 2.15. The molecule has 0 saturated heterocycles. The number of benzene rings is 1. The summed E-state index contributed by atoms with van der Waals surface area (Å²) in [6.45, 7) is 2.02. The van der Waals surface area contributed by atoms with Crippen LogP contribution in [0.15, 0.2) is 24.3 Å². The van der Waals surface area contributed by atoms with Crippen molar-refractivity contribution in [3.8, 4) is 5.75 Å². The molecule has 6 heteroatoms. The van der Waals surface area contributed by atoms with Crippen molar-refractivity contribution in [3.05, 3.63) is 40.4 Å². The van der Waals surface area contributed by atoms with E-state index in [1.165, 1.54) is 0 Å². The minimum Gasteiger partial charge on any atom is -0.508 e. The molecule has 88 valence electrons. The Morgan fingerprint density at radius 3 is 2.88 bits per heavy atom. The van der Waals surface area contributed by atoms with E-state index in [4.69, 9.17) is 0 Å². The first kappa shape index (κ1) is 11.5. The normalized spacial score (nSPS) is 10.2. The lowest BCUT2D eigenvalue weighted by molar-refractivity contribution is 0.0954. The third-order valence-electron chi connectivity index (χ3n) is 2.29. The van der Waals surface area contributed by atoms with E-state index in [0.717, 1.165) is 11.5 Å². The van der Waals surface area contributed by atoms with Crippen LogP contribution in [-0.4, -0.2) is 20.6 Å². The molecule has 2 rings (SSSR count). The number of para-hydroxylation sites is 1. The van der Waals surface area contributed by atoms with Crippen LogP contribution < -0.4 is 5.32 Å². The zero-order valence-electron chi connectivity index (χ0n) is 9.17. The van der Waals surface area contributed by atoms with E-state index in [1.54, 1.807) is 31.2 Å². The van der Waals surface area contributed by atoms with Crippen molar-refractivity contribution in [1.82, 2.24) is 14.9 Å². The number of nitrogens with zero attached hydrogens (tertiary/aromatic N) is 2. The molecule has 0 aliphatic carbocycles. The predicted octanol–water partition coefficient (Wildman–Crippen LogP) is 1.48. The van der Waals surface area contributed by atoms with Gasteiger partial charge in [0.05, 0.1) is 5.69 Å². The van der Waals surface area contributed by atoms with Crippen LogP contribution in [0.4, 0.5) is 0 Å². The molecule has 17 heavy (non-hydrogen) atoms. The molecule has 0 fully saturated rings. The van der Waals surface area contributed by atoms with Crippen LogP contribution in [-0.2, 0) is 6.54 Å². The fourth-order valence-electron chi connectivity index (χ4n) is 1.36. The molecule has 0 aliphatic rings. The predicted molar refractivity (Wildman–Crippen MR) is 63.9 cm³/mol. The van der Waals surface area contributed by atoms with E-state index in [2.05, 4.69) is 14.9 Å². The van der Waals surface area contributed by atoms with E-state index < -0.39 is 0 Å². The van der Waals surface area contributed by atoms with Crippen molar-refractivity contribution in [2.24, 2.45) is 0 Å². The zero-order valence-corrected chi connectivity index (χ0v) is 9.99. The Hall–Kier alpha value is -1.95. The number of hydrogen-bond acceptors (Lipinski definition) is 5. The van der Waals surface area contributed by atoms with Gasteiger partial charge in [-0.25, -0.2) is 0 Å². The number of rotatable bonds is 3. The SMILES string of the molecule is Cc1nnsc1C(=O)NCc1ccccc1O. The average molecular weight is 249 g/mol. The van der Waals surface area contributed by atoms with Gasteiger partial charge < -0.3 is 10.4 Å². The largest absolute Gasteiger partial charge is 0.508 e. The maximum Gasteiger partial charge on any atom is 0.265 e. The highest BCUT2D eigenvalue weighted by Gasteiger charge is 2.12. The lowest BCUT2D eigenvalue weighted by Gasteiger charge is -2.05. The average Bonchev–Trinajstić information content (AvgIpc) is 2.74. The number of aromatic nitrogens is 2. The number of amides is 1. The number of aromatic hydroxyl groups is 1. The van der Waals surface area contributed by atoms with Crippen molar-refractivity contribution < 1.29 is 9.90 Å². The van der Waals surface area contributed by atoms with Gasteiger partial charge >= 0.3 is 0 Å². The highest BCUT2D eigenvalue weighted by atomic mass is 32.1. The second kappa shape index (κ2) is 4.92. The first-order valence-corrected chi connectivity index (χ1v) is 5.80. The van der Waals surface area contributed by atoms with Gasteiger partial charge in [-0.05, 0) is 24.5 Å². The molecule has 0 radical (unpaired) electrons. The lowest BCUT2D eigenvalue weighted by Crippen LogP contribution is -2.22. The Morgan fingerprint density at radius 1 is 1.47 bits per heavy atom. The van der Waals surface area contributed by atoms with E-state index in [9.17, 15) is 9.90 Å². The topological polar surface area (TPSA) is 75.1 Å². The molecule has 0 bridgehead atoms. The molecule has 1 aromatic carbocycles. The van der Waals surface area contributed by atoms with Crippen LogP contribution in [0.5, 0.6) is 5.75 Å². The van der Waals surface area contributed by atoms with E-state index in [-0.39, 0.29) is 18.2 Å². The minimum atomic E-state index is -0.222. The van der Waals surface area contributed by atoms with Gasteiger partial charge in [0.15, 0.2) is 0 Å². The van der Waals surface area contributed by atoms with Gasteiger partial charge in [0.2, 0.25) is 0 Å². The third kappa shape index (κ3) is 2.59. The second-order valence-electron chi connectivity index (χ2n) is 3.50. The van der Waals surface area contributed by atoms with Gasteiger partial charge in [-0.3, -0.25) is 4.79 Å². The molecule has 0 unspecified atom stereocenters. The molecule has 0 aliphatic heterocycles. The minimum absolute atomic E-state index is 0.173. The first-order valence-electron chi connectivity index (χ1n) is 5.02. The molecule has 2 aromatic rings.